The van der Waals surface area contributed by atoms with Crippen molar-refractivity contribution in [3.05, 3.63) is 46.6 Å². The van der Waals surface area contributed by atoms with E-state index in [9.17, 15) is 4.79 Å². The van der Waals surface area contributed by atoms with Gasteiger partial charge in [-0.2, -0.15) is 0 Å². The average molecular weight is 391 g/mol. The van der Waals surface area contributed by atoms with Gasteiger partial charge in [-0.05, 0) is 12.1 Å². The molecule has 0 bridgehead atoms. The van der Waals surface area contributed by atoms with Gasteiger partial charge in [0.15, 0.2) is 4.96 Å². The van der Waals surface area contributed by atoms with Crippen molar-refractivity contribution in [2.45, 2.75) is 12.6 Å². The van der Waals surface area contributed by atoms with Gasteiger partial charge in [0.25, 0.3) is 0 Å². The van der Waals surface area contributed by atoms with Crippen molar-refractivity contribution in [1.82, 2.24) is 19.6 Å². The van der Waals surface area contributed by atoms with Crippen molar-refractivity contribution >= 4 is 33.8 Å². The second-order valence-corrected chi connectivity index (χ2v) is 7.49. The molecule has 1 atom stereocenters. The van der Waals surface area contributed by atoms with E-state index in [-0.39, 0.29) is 5.91 Å². The molecule has 0 radical (unpaired) electrons. The van der Waals surface area contributed by atoms with Crippen LogP contribution in [0, 0.1) is 0 Å². The lowest BCUT2D eigenvalue weighted by atomic mass is 10.1. The van der Waals surface area contributed by atoms with Crippen molar-refractivity contribution in [1.29, 1.82) is 0 Å². The van der Waals surface area contributed by atoms with Crippen LogP contribution in [0.4, 0.5) is 0 Å². The number of amides is 1. The summed E-state index contributed by atoms with van der Waals surface area (Å²) in [6.45, 7) is 2.59. The number of halogens is 1. The quantitative estimate of drug-likeness (QED) is 0.744. The zero-order valence-electron chi connectivity index (χ0n) is 14.3. The maximum absolute atomic E-state index is 11.9. The van der Waals surface area contributed by atoms with E-state index in [1.165, 1.54) is 0 Å². The van der Waals surface area contributed by atoms with Gasteiger partial charge in [0, 0.05) is 48.8 Å². The lowest BCUT2D eigenvalue weighted by Crippen LogP contribution is -2.48. The van der Waals surface area contributed by atoms with Gasteiger partial charge in [-0.1, -0.05) is 23.7 Å². The lowest BCUT2D eigenvalue weighted by molar-refractivity contribution is -0.138. The van der Waals surface area contributed by atoms with Gasteiger partial charge in [-0.25, -0.2) is 4.98 Å². The van der Waals surface area contributed by atoms with Crippen LogP contribution in [-0.2, 0) is 16.1 Å². The summed E-state index contributed by atoms with van der Waals surface area (Å²) in [7, 11) is 1.63. The highest BCUT2D eigenvalue weighted by Gasteiger charge is 2.27. The molecule has 0 aliphatic carbocycles. The molecule has 136 valence electrons. The summed E-state index contributed by atoms with van der Waals surface area (Å²) in [5.74, 6) is -0.0819. The highest BCUT2D eigenvalue weighted by molar-refractivity contribution is 7.15. The van der Waals surface area contributed by atoms with Crippen LogP contribution in [0.25, 0.3) is 16.2 Å². The second-order valence-electron chi connectivity index (χ2n) is 6.18. The summed E-state index contributed by atoms with van der Waals surface area (Å²) in [6.07, 6.45) is 1.61. The number of carbonyl (C=O) groups excluding carboxylic acids is 1. The van der Waals surface area contributed by atoms with Gasteiger partial charge in [-0.3, -0.25) is 14.1 Å². The minimum absolute atomic E-state index is 0.0819. The summed E-state index contributed by atoms with van der Waals surface area (Å²) in [6, 6.07) is 7.74. The van der Waals surface area contributed by atoms with Crippen LogP contribution in [0.3, 0.4) is 0 Å². The van der Waals surface area contributed by atoms with Crippen molar-refractivity contribution in [3.63, 3.8) is 0 Å². The molecule has 1 amide bonds. The third-order valence-electron chi connectivity index (χ3n) is 4.54. The minimum atomic E-state index is -0.432. The van der Waals surface area contributed by atoms with Crippen LogP contribution in [0.2, 0.25) is 5.02 Å². The van der Waals surface area contributed by atoms with Crippen LogP contribution in [0.15, 0.2) is 35.8 Å². The topological polar surface area (TPSA) is 58.9 Å². The molecule has 1 aromatic carbocycles. The molecule has 1 saturated heterocycles. The number of hydrogen-bond donors (Lipinski definition) is 1. The molecule has 0 spiro atoms. The number of rotatable bonds is 4. The Morgan fingerprint density at radius 1 is 1.42 bits per heavy atom. The number of aromatic nitrogens is 2. The zero-order chi connectivity index (χ0) is 18.1. The number of hydrogen-bond acceptors (Lipinski definition) is 5. The lowest BCUT2D eigenvalue weighted by Gasteiger charge is -2.31. The number of morpholine rings is 1. The monoisotopic (exact) mass is 390 g/mol. The molecular formula is C18H19ClN4O2S. The number of fused-ring (bicyclic) bond motifs is 1. The molecule has 1 fully saturated rings. The highest BCUT2D eigenvalue weighted by atomic mass is 35.5. The first kappa shape index (κ1) is 17.5. The third-order valence-corrected chi connectivity index (χ3v) is 5.55. The summed E-state index contributed by atoms with van der Waals surface area (Å²) >= 11 is 7.64. The third kappa shape index (κ3) is 3.35. The van der Waals surface area contributed by atoms with E-state index in [4.69, 9.17) is 21.3 Å². The van der Waals surface area contributed by atoms with E-state index < -0.39 is 6.10 Å². The smallest absolute Gasteiger partial charge is 0.250 e. The Hall–Kier alpha value is -1.93. The van der Waals surface area contributed by atoms with Gasteiger partial charge in [0.05, 0.1) is 18.0 Å². The molecule has 3 heterocycles. The first-order chi connectivity index (χ1) is 12.7. The first-order valence-electron chi connectivity index (χ1n) is 8.41. The van der Waals surface area contributed by atoms with E-state index in [2.05, 4.69) is 14.6 Å². The molecule has 1 N–H and O–H groups in total. The Labute approximate surface area is 160 Å². The standard InChI is InChI=1S/C18H19ClN4O2S/c1-20-17(24)15-11-22(6-8-25-15)10-14-16(12-2-4-13(19)5-3-12)21-18-23(14)7-9-26-18/h2-5,7,9,15H,6,8,10-11H2,1H3,(H,20,24). The number of imidazole rings is 1. The molecular weight excluding hydrogens is 372 g/mol. The van der Waals surface area contributed by atoms with Crippen LogP contribution in [-0.4, -0.2) is 53.0 Å². The van der Waals surface area contributed by atoms with Crippen molar-refractivity contribution in [2.75, 3.05) is 26.7 Å². The molecule has 1 unspecified atom stereocenters. The normalized spacial score (nSPS) is 18.3. The van der Waals surface area contributed by atoms with Gasteiger partial charge >= 0.3 is 0 Å². The van der Waals surface area contributed by atoms with E-state index in [0.29, 0.717) is 24.7 Å². The van der Waals surface area contributed by atoms with E-state index in [1.807, 2.05) is 35.8 Å². The van der Waals surface area contributed by atoms with E-state index in [0.717, 1.165) is 28.5 Å². The summed E-state index contributed by atoms with van der Waals surface area (Å²) in [5.41, 5.74) is 3.11. The largest absolute Gasteiger partial charge is 0.366 e. The van der Waals surface area contributed by atoms with E-state index in [1.54, 1.807) is 18.4 Å². The van der Waals surface area contributed by atoms with Crippen molar-refractivity contribution < 1.29 is 9.53 Å². The highest BCUT2D eigenvalue weighted by Crippen LogP contribution is 2.29. The van der Waals surface area contributed by atoms with Crippen LogP contribution in [0.1, 0.15) is 5.69 Å². The van der Waals surface area contributed by atoms with E-state index >= 15 is 0 Å². The summed E-state index contributed by atoms with van der Waals surface area (Å²) in [5, 5.41) is 5.40. The fourth-order valence-electron chi connectivity index (χ4n) is 3.20. The number of likely N-dealkylation sites (N-methyl/N-ethyl adjacent to an activating group) is 1. The summed E-state index contributed by atoms with van der Waals surface area (Å²) < 4.78 is 7.72. The van der Waals surface area contributed by atoms with Crippen LogP contribution in [0.5, 0.6) is 0 Å². The predicted molar refractivity (Wildman–Crippen MR) is 103 cm³/mol. The molecule has 26 heavy (non-hydrogen) atoms. The molecule has 8 heteroatoms. The van der Waals surface area contributed by atoms with Gasteiger partial charge < -0.3 is 10.1 Å². The van der Waals surface area contributed by atoms with Crippen LogP contribution < -0.4 is 5.32 Å². The molecule has 6 nitrogen and oxygen atoms in total. The number of benzene rings is 1. The fourth-order valence-corrected chi connectivity index (χ4v) is 4.06. The maximum atomic E-state index is 11.9. The second kappa shape index (κ2) is 7.36. The Kier molecular flexibility index (Phi) is 4.95. The zero-order valence-corrected chi connectivity index (χ0v) is 15.9. The van der Waals surface area contributed by atoms with Crippen molar-refractivity contribution in [2.24, 2.45) is 0 Å². The SMILES string of the molecule is CNC(=O)C1CN(Cc2c(-c3ccc(Cl)cc3)nc3sccn23)CCO1. The molecule has 4 rings (SSSR count). The molecule has 0 saturated carbocycles. The predicted octanol–water partition coefficient (Wildman–Crippen LogP) is 2.66. The number of carbonyl (C=O) groups is 1. The Morgan fingerprint density at radius 3 is 3.00 bits per heavy atom. The summed E-state index contributed by atoms with van der Waals surface area (Å²) in [4.78, 5) is 19.9. The molecule has 1 aliphatic heterocycles. The number of nitrogens with zero attached hydrogens (tertiary/aromatic N) is 3. The molecule has 1 aliphatic rings. The van der Waals surface area contributed by atoms with Gasteiger partial charge in [0.1, 0.15) is 6.10 Å². The number of nitrogens with one attached hydrogen (secondary N) is 1. The van der Waals surface area contributed by atoms with Gasteiger partial charge in [0.2, 0.25) is 5.91 Å². The number of thiazole rings is 1. The maximum Gasteiger partial charge on any atom is 0.250 e. The van der Waals surface area contributed by atoms with Gasteiger partial charge in [-0.15, -0.1) is 11.3 Å². The minimum Gasteiger partial charge on any atom is -0.366 e. The molecule has 2 aromatic heterocycles. The average Bonchev–Trinajstić information content (AvgIpc) is 3.25. The Morgan fingerprint density at radius 2 is 2.23 bits per heavy atom. The first-order valence-corrected chi connectivity index (χ1v) is 9.67. The fraction of sp³-hybridized carbons (Fsp3) is 0.333. The van der Waals surface area contributed by atoms with Crippen LogP contribution >= 0.6 is 22.9 Å². The Bertz CT molecular complexity index is 921. The Balaban J connectivity index is 1.65. The molecule has 3 aromatic rings. The van der Waals surface area contributed by atoms with Crippen molar-refractivity contribution in [3.8, 4) is 11.3 Å². The number of ether oxygens (including phenoxy) is 1.